The zero-order chi connectivity index (χ0) is 31.1. The summed E-state index contributed by atoms with van der Waals surface area (Å²) < 4.78 is 0. The van der Waals surface area contributed by atoms with Gasteiger partial charge in [0.05, 0.1) is 23.5 Å². The smallest absolute Gasteiger partial charge is 0.0963 e. The van der Waals surface area contributed by atoms with Gasteiger partial charge in [-0.1, -0.05) is 77.9 Å². The van der Waals surface area contributed by atoms with Crippen molar-refractivity contribution in [1.29, 1.82) is 0 Å². The van der Waals surface area contributed by atoms with Crippen LogP contribution in [-0.2, 0) is 0 Å². The van der Waals surface area contributed by atoms with Gasteiger partial charge in [0.15, 0.2) is 0 Å². The van der Waals surface area contributed by atoms with E-state index < -0.39 is 0 Å². The van der Waals surface area contributed by atoms with E-state index in [9.17, 15) is 0 Å². The third-order valence-electron chi connectivity index (χ3n) is 8.14. The van der Waals surface area contributed by atoms with Gasteiger partial charge in [-0.15, -0.1) is 0 Å². The predicted molar refractivity (Wildman–Crippen MR) is 183 cm³/mol. The zero-order valence-corrected chi connectivity index (χ0v) is 27.3. The Labute approximate surface area is 259 Å². The number of benzene rings is 3. The maximum Gasteiger partial charge on any atom is 0.0963 e. The van der Waals surface area contributed by atoms with Gasteiger partial charge in [-0.2, -0.15) is 0 Å². The minimum Gasteiger partial charge on any atom is -0.366 e. The summed E-state index contributed by atoms with van der Waals surface area (Å²) in [6, 6.07) is 32.1. The Hall–Kier alpha value is -4.44. The van der Waals surface area contributed by atoms with Crippen molar-refractivity contribution in [2.75, 3.05) is 23.9 Å². The van der Waals surface area contributed by atoms with E-state index >= 15 is 0 Å². The molecule has 0 spiro atoms. The highest BCUT2D eigenvalue weighted by molar-refractivity contribution is 5.62. The van der Waals surface area contributed by atoms with Crippen molar-refractivity contribution in [3.8, 4) is 0 Å². The first kappa shape index (κ1) is 31.5. The minimum atomic E-state index is 0.0903. The molecule has 4 heteroatoms. The third kappa shape index (κ3) is 7.50. The van der Waals surface area contributed by atoms with Gasteiger partial charge in [-0.05, 0) is 101 Å². The first-order chi connectivity index (χ1) is 20.6. The molecule has 2 unspecified atom stereocenters. The summed E-state index contributed by atoms with van der Waals surface area (Å²) in [5, 5.41) is 0. The van der Waals surface area contributed by atoms with E-state index in [0.717, 1.165) is 11.4 Å². The number of nitrogens with zero attached hydrogens (tertiary/aromatic N) is 4. The van der Waals surface area contributed by atoms with Gasteiger partial charge in [-0.25, -0.2) is 0 Å². The van der Waals surface area contributed by atoms with Crippen molar-refractivity contribution >= 4 is 11.4 Å². The van der Waals surface area contributed by atoms with Crippen LogP contribution >= 0.6 is 0 Å². The summed E-state index contributed by atoms with van der Waals surface area (Å²) in [6.07, 6.45) is 3.72. The molecule has 0 aliphatic heterocycles. The Morgan fingerprint density at radius 2 is 0.930 bits per heavy atom. The molecule has 2 aromatic heterocycles. The number of anilines is 2. The van der Waals surface area contributed by atoms with Crippen LogP contribution in [0.25, 0.3) is 0 Å². The number of aromatic nitrogens is 2. The molecule has 0 aliphatic rings. The van der Waals surface area contributed by atoms with Crippen LogP contribution in [0.1, 0.15) is 69.3 Å². The molecule has 0 saturated heterocycles. The SMILES string of the molecule is Cc1cc(C)c(N(C)C(C)c2ccccn2)c(C)c1.Cc1cc(C)c(N(C)C(c2ccccc2)c2ccccn2)c(C)c1. The average Bonchev–Trinajstić information content (AvgIpc) is 2.98. The van der Waals surface area contributed by atoms with Crippen molar-refractivity contribution in [3.05, 3.63) is 154 Å². The predicted octanol–water partition coefficient (Wildman–Crippen LogP) is 9.44. The Bertz CT molecular complexity index is 1530. The van der Waals surface area contributed by atoms with Gasteiger partial charge >= 0.3 is 0 Å². The average molecular weight is 571 g/mol. The summed E-state index contributed by atoms with van der Waals surface area (Å²) in [5.41, 5.74) is 13.9. The van der Waals surface area contributed by atoms with E-state index in [4.69, 9.17) is 0 Å². The molecule has 5 aromatic rings. The monoisotopic (exact) mass is 570 g/mol. The second-order valence-electron chi connectivity index (χ2n) is 11.7. The van der Waals surface area contributed by atoms with Crippen LogP contribution in [-0.4, -0.2) is 24.1 Å². The maximum atomic E-state index is 4.64. The molecule has 43 heavy (non-hydrogen) atoms. The highest BCUT2D eigenvalue weighted by atomic mass is 15.2. The van der Waals surface area contributed by atoms with Gasteiger partial charge in [0, 0.05) is 37.9 Å². The molecule has 0 aliphatic carbocycles. The van der Waals surface area contributed by atoms with E-state index in [2.05, 4.69) is 155 Å². The number of aryl methyl sites for hydroxylation is 6. The van der Waals surface area contributed by atoms with E-state index in [0.29, 0.717) is 0 Å². The molecule has 5 rings (SSSR count). The molecule has 0 saturated carbocycles. The lowest BCUT2D eigenvalue weighted by molar-refractivity contribution is 0.710. The van der Waals surface area contributed by atoms with Crippen LogP contribution < -0.4 is 9.80 Å². The number of hydrogen-bond donors (Lipinski definition) is 0. The van der Waals surface area contributed by atoms with E-state index in [-0.39, 0.29) is 12.1 Å². The molecular formula is C39H46N4. The molecule has 0 N–H and O–H groups in total. The van der Waals surface area contributed by atoms with Crippen molar-refractivity contribution in [3.63, 3.8) is 0 Å². The largest absolute Gasteiger partial charge is 0.366 e. The van der Waals surface area contributed by atoms with Crippen LogP contribution in [0.2, 0.25) is 0 Å². The lowest BCUT2D eigenvalue weighted by Gasteiger charge is -2.33. The molecule has 4 nitrogen and oxygen atoms in total. The highest BCUT2D eigenvalue weighted by Gasteiger charge is 2.23. The van der Waals surface area contributed by atoms with E-state index in [1.807, 2.05) is 30.6 Å². The second kappa shape index (κ2) is 14.2. The van der Waals surface area contributed by atoms with E-state index in [1.54, 1.807) is 0 Å². The molecule has 0 bridgehead atoms. The van der Waals surface area contributed by atoms with Crippen LogP contribution in [0, 0.1) is 41.5 Å². The van der Waals surface area contributed by atoms with Gasteiger partial charge in [-0.3, -0.25) is 9.97 Å². The molecule has 0 radical (unpaired) electrons. The van der Waals surface area contributed by atoms with Crippen molar-refractivity contribution in [2.45, 2.75) is 60.5 Å². The first-order valence-electron chi connectivity index (χ1n) is 15.1. The molecule has 222 valence electrons. The number of rotatable bonds is 7. The molecule has 3 aromatic carbocycles. The van der Waals surface area contributed by atoms with Crippen molar-refractivity contribution in [2.24, 2.45) is 0 Å². The Kier molecular flexibility index (Phi) is 10.4. The number of hydrogen-bond acceptors (Lipinski definition) is 4. The quantitative estimate of drug-likeness (QED) is 0.195. The molecule has 0 fully saturated rings. The Morgan fingerprint density at radius 1 is 0.512 bits per heavy atom. The normalized spacial score (nSPS) is 12.1. The molecule has 2 atom stereocenters. The first-order valence-corrected chi connectivity index (χ1v) is 15.1. The summed E-state index contributed by atoms with van der Waals surface area (Å²) in [7, 11) is 4.31. The van der Waals surface area contributed by atoms with Crippen LogP contribution in [0.5, 0.6) is 0 Å². The maximum absolute atomic E-state index is 4.64. The van der Waals surface area contributed by atoms with Crippen molar-refractivity contribution in [1.82, 2.24) is 9.97 Å². The van der Waals surface area contributed by atoms with Gasteiger partial charge in [0.2, 0.25) is 0 Å². The topological polar surface area (TPSA) is 32.3 Å². The lowest BCUT2D eigenvalue weighted by atomic mass is 9.98. The highest BCUT2D eigenvalue weighted by Crippen LogP contribution is 2.35. The fourth-order valence-corrected chi connectivity index (χ4v) is 6.37. The summed E-state index contributed by atoms with van der Waals surface area (Å²) in [6.45, 7) is 15.2. The van der Waals surface area contributed by atoms with Crippen molar-refractivity contribution < 1.29 is 0 Å². The van der Waals surface area contributed by atoms with Gasteiger partial charge in [0.25, 0.3) is 0 Å². The van der Waals surface area contributed by atoms with E-state index in [1.165, 1.54) is 50.3 Å². The molecular weight excluding hydrogens is 524 g/mol. The molecule has 2 heterocycles. The lowest BCUT2D eigenvalue weighted by Crippen LogP contribution is -2.27. The van der Waals surface area contributed by atoms with Gasteiger partial charge in [0.1, 0.15) is 0 Å². The Balaban J connectivity index is 0.000000203. The van der Waals surface area contributed by atoms with Crippen LogP contribution in [0.15, 0.2) is 103 Å². The summed E-state index contributed by atoms with van der Waals surface area (Å²) >= 11 is 0. The van der Waals surface area contributed by atoms with Crippen LogP contribution in [0.4, 0.5) is 11.4 Å². The standard InChI is InChI=1S/C22H24N2.C17H22N2/c1-16-14-17(2)21(18(3)15-16)24(4)22(19-10-6-5-7-11-19)20-12-8-9-13-23-20;1-12-10-13(2)17(14(3)11-12)19(5)15(4)16-8-6-7-9-18-16/h5-15,22H,1-4H3;6-11,15H,1-5H3. The fraction of sp³-hybridized carbons (Fsp3) is 0.282. The number of pyridine rings is 2. The van der Waals surface area contributed by atoms with Gasteiger partial charge < -0.3 is 9.80 Å². The van der Waals surface area contributed by atoms with Crippen LogP contribution in [0.3, 0.4) is 0 Å². The third-order valence-corrected chi connectivity index (χ3v) is 8.14. The second-order valence-corrected chi connectivity index (χ2v) is 11.7. The Morgan fingerprint density at radius 3 is 1.37 bits per heavy atom. The molecule has 0 amide bonds. The zero-order valence-electron chi connectivity index (χ0n) is 27.3. The summed E-state index contributed by atoms with van der Waals surface area (Å²) in [4.78, 5) is 13.8. The summed E-state index contributed by atoms with van der Waals surface area (Å²) in [5.74, 6) is 0. The minimum absolute atomic E-state index is 0.0903. The fourth-order valence-electron chi connectivity index (χ4n) is 6.37.